The van der Waals surface area contributed by atoms with Gasteiger partial charge >= 0.3 is 0 Å². The van der Waals surface area contributed by atoms with E-state index in [9.17, 15) is 0 Å². The Balaban J connectivity index is 2.96. The number of hydrogen-bond donors (Lipinski definition) is 2. The molecular weight excluding hydrogens is 178 g/mol. The van der Waals surface area contributed by atoms with Crippen LogP contribution < -0.4 is 11.5 Å². The van der Waals surface area contributed by atoms with E-state index in [4.69, 9.17) is 16.7 Å². The lowest BCUT2D eigenvalue weighted by Gasteiger charge is -1.96. The van der Waals surface area contributed by atoms with Gasteiger partial charge in [-0.1, -0.05) is 0 Å². The summed E-state index contributed by atoms with van der Waals surface area (Å²) in [6, 6.07) is 5.29. The highest BCUT2D eigenvalue weighted by Gasteiger charge is 1.99. The zero-order valence-electron chi connectivity index (χ0n) is 7.38. The molecule has 0 spiro atoms. The number of nitrogens with zero attached hydrogens (tertiary/aromatic N) is 3. The molecule has 0 unspecified atom stereocenters. The predicted molar refractivity (Wildman–Crippen MR) is 53.4 cm³/mol. The average Bonchev–Trinajstić information content (AvgIpc) is 2.21. The van der Waals surface area contributed by atoms with Crippen molar-refractivity contribution < 1.29 is 0 Å². The summed E-state index contributed by atoms with van der Waals surface area (Å²) in [6.45, 7) is 0. The molecule has 0 aliphatic carbocycles. The first-order valence-corrected chi connectivity index (χ1v) is 3.84. The highest BCUT2D eigenvalue weighted by Crippen LogP contribution is 2.08. The zero-order chi connectivity index (χ0) is 10.4. The number of hydrogen-bond acceptors (Lipinski definition) is 4. The van der Waals surface area contributed by atoms with Crippen molar-refractivity contribution in [2.24, 2.45) is 16.5 Å². The fourth-order valence-corrected chi connectivity index (χ4v) is 0.799. The van der Waals surface area contributed by atoms with E-state index >= 15 is 0 Å². The molecule has 0 fully saturated rings. The number of nitriles is 1. The Morgan fingerprint density at radius 3 is 2.93 bits per heavy atom. The van der Waals surface area contributed by atoms with Crippen LogP contribution in [0.5, 0.6) is 0 Å². The Labute approximate surface area is 81.4 Å². The van der Waals surface area contributed by atoms with Crippen molar-refractivity contribution in [3.63, 3.8) is 0 Å². The van der Waals surface area contributed by atoms with Gasteiger partial charge in [0, 0.05) is 12.4 Å². The van der Waals surface area contributed by atoms with Gasteiger partial charge in [-0.3, -0.25) is 4.98 Å². The summed E-state index contributed by atoms with van der Waals surface area (Å²) in [5, 5.41) is 8.60. The van der Waals surface area contributed by atoms with Crippen LogP contribution in [-0.4, -0.2) is 10.8 Å². The van der Waals surface area contributed by atoms with E-state index in [0.717, 1.165) is 6.20 Å². The summed E-state index contributed by atoms with van der Waals surface area (Å²) in [5.74, 6) is 0.0861. The van der Waals surface area contributed by atoms with Gasteiger partial charge in [0.15, 0.2) is 0 Å². The topological polar surface area (TPSA) is 101 Å². The van der Waals surface area contributed by atoms with Gasteiger partial charge in [-0.15, -0.1) is 0 Å². The van der Waals surface area contributed by atoms with Crippen LogP contribution in [0.2, 0.25) is 0 Å². The second-order valence-corrected chi connectivity index (χ2v) is 2.40. The minimum absolute atomic E-state index is 0.0861. The molecule has 0 atom stereocenters. The molecular formula is C9H9N5. The number of nitrogens with two attached hydrogens (primary N) is 2. The third-order valence-electron chi connectivity index (χ3n) is 1.46. The van der Waals surface area contributed by atoms with Crippen molar-refractivity contribution in [2.45, 2.75) is 0 Å². The maximum atomic E-state index is 8.60. The molecule has 4 N–H and O–H groups in total. The van der Waals surface area contributed by atoms with Gasteiger partial charge < -0.3 is 11.5 Å². The van der Waals surface area contributed by atoms with Gasteiger partial charge in [-0.2, -0.15) is 5.26 Å². The fraction of sp³-hybridized carbons (Fsp3) is 0. The second kappa shape index (κ2) is 4.62. The monoisotopic (exact) mass is 187 g/mol. The molecule has 1 heterocycles. The highest BCUT2D eigenvalue weighted by molar-refractivity contribution is 6.01. The molecule has 1 aromatic rings. The zero-order valence-corrected chi connectivity index (χ0v) is 7.38. The molecule has 1 aromatic heterocycles. The summed E-state index contributed by atoms with van der Waals surface area (Å²) in [7, 11) is 0. The summed E-state index contributed by atoms with van der Waals surface area (Å²) >= 11 is 0. The van der Waals surface area contributed by atoms with Gasteiger partial charge in [0.2, 0.25) is 0 Å². The Morgan fingerprint density at radius 1 is 1.64 bits per heavy atom. The molecule has 0 saturated heterocycles. The smallest absolute Gasteiger partial charge is 0.143 e. The lowest BCUT2D eigenvalue weighted by atomic mass is 10.3. The molecule has 0 amide bonds. The maximum Gasteiger partial charge on any atom is 0.143 e. The predicted octanol–water partition coefficient (Wildman–Crippen LogP) is 0.436. The normalized spacial score (nSPS) is 12.2. The van der Waals surface area contributed by atoms with E-state index in [1.165, 1.54) is 0 Å². The minimum atomic E-state index is 0.0861. The maximum absolute atomic E-state index is 8.60. The molecule has 0 aliphatic heterocycles. The van der Waals surface area contributed by atoms with E-state index in [0.29, 0.717) is 5.69 Å². The summed E-state index contributed by atoms with van der Waals surface area (Å²) in [5.41, 5.74) is 11.4. The molecule has 0 aliphatic rings. The van der Waals surface area contributed by atoms with Crippen molar-refractivity contribution >= 4 is 11.5 Å². The van der Waals surface area contributed by atoms with E-state index in [2.05, 4.69) is 9.98 Å². The Morgan fingerprint density at radius 2 is 2.43 bits per heavy atom. The molecule has 0 aromatic carbocycles. The number of pyridine rings is 1. The third kappa shape index (κ3) is 2.32. The van der Waals surface area contributed by atoms with Crippen molar-refractivity contribution in [3.05, 3.63) is 36.3 Å². The van der Waals surface area contributed by atoms with Gasteiger partial charge in [-0.05, 0) is 12.1 Å². The van der Waals surface area contributed by atoms with Gasteiger partial charge in [-0.25, -0.2) is 4.99 Å². The Bertz CT molecular complexity index is 399. The van der Waals surface area contributed by atoms with Crippen LogP contribution in [0.25, 0.3) is 0 Å². The summed E-state index contributed by atoms with van der Waals surface area (Å²) in [4.78, 5) is 7.81. The second-order valence-electron chi connectivity index (χ2n) is 2.40. The Hall–Kier alpha value is -2.35. The van der Waals surface area contributed by atoms with Crippen LogP contribution in [0.4, 0.5) is 5.69 Å². The van der Waals surface area contributed by atoms with Crippen molar-refractivity contribution in [1.29, 1.82) is 5.26 Å². The summed E-state index contributed by atoms with van der Waals surface area (Å²) < 4.78 is 0. The van der Waals surface area contributed by atoms with Crippen molar-refractivity contribution in [2.75, 3.05) is 0 Å². The molecule has 70 valence electrons. The average molecular weight is 187 g/mol. The lowest BCUT2D eigenvalue weighted by molar-refractivity contribution is 1.30. The first-order valence-electron chi connectivity index (χ1n) is 3.84. The van der Waals surface area contributed by atoms with Crippen LogP contribution in [0.3, 0.4) is 0 Å². The quantitative estimate of drug-likeness (QED) is 0.398. The highest BCUT2D eigenvalue weighted by atomic mass is 14.9. The molecule has 5 nitrogen and oxygen atoms in total. The standard InChI is InChI=1S/C9H9N5/c10-4-7(5-11)9(12)14-8-2-1-3-13-6-8/h1-4,6H,10H2,(H2,12,14). The van der Waals surface area contributed by atoms with E-state index in [-0.39, 0.29) is 11.4 Å². The van der Waals surface area contributed by atoms with Crippen LogP contribution in [0.1, 0.15) is 0 Å². The molecule has 0 saturated carbocycles. The number of rotatable bonds is 2. The van der Waals surface area contributed by atoms with Crippen LogP contribution in [0.15, 0.2) is 41.3 Å². The summed E-state index contributed by atoms with van der Waals surface area (Å²) in [6.07, 6.45) is 4.28. The van der Waals surface area contributed by atoms with Crippen LogP contribution in [-0.2, 0) is 0 Å². The molecule has 5 heteroatoms. The Kier molecular flexibility index (Phi) is 3.21. The van der Waals surface area contributed by atoms with Crippen molar-refractivity contribution in [3.8, 4) is 6.07 Å². The SMILES string of the molecule is N#CC(=CN)C(N)=Nc1cccnc1. The number of aliphatic imine (C=N–C) groups is 1. The first kappa shape index (κ1) is 9.74. The van der Waals surface area contributed by atoms with Gasteiger partial charge in [0.1, 0.15) is 17.5 Å². The first-order chi connectivity index (χ1) is 6.77. The number of amidine groups is 1. The minimum Gasteiger partial charge on any atom is -0.403 e. The fourth-order valence-electron chi connectivity index (χ4n) is 0.799. The van der Waals surface area contributed by atoms with Crippen LogP contribution >= 0.6 is 0 Å². The van der Waals surface area contributed by atoms with E-state index in [1.54, 1.807) is 24.5 Å². The van der Waals surface area contributed by atoms with Crippen molar-refractivity contribution in [1.82, 2.24) is 4.98 Å². The van der Waals surface area contributed by atoms with E-state index in [1.807, 2.05) is 6.07 Å². The molecule has 0 bridgehead atoms. The largest absolute Gasteiger partial charge is 0.403 e. The van der Waals surface area contributed by atoms with E-state index < -0.39 is 0 Å². The third-order valence-corrected chi connectivity index (χ3v) is 1.46. The molecule has 14 heavy (non-hydrogen) atoms. The molecule has 1 rings (SSSR count). The number of aromatic nitrogens is 1. The molecule has 0 radical (unpaired) electrons. The van der Waals surface area contributed by atoms with Gasteiger partial charge in [0.25, 0.3) is 0 Å². The lowest BCUT2D eigenvalue weighted by Crippen LogP contribution is -2.14. The van der Waals surface area contributed by atoms with Crippen LogP contribution in [0, 0.1) is 11.3 Å². The van der Waals surface area contributed by atoms with Gasteiger partial charge in [0.05, 0.1) is 11.9 Å².